The zero-order valence-corrected chi connectivity index (χ0v) is 26.9. The van der Waals surface area contributed by atoms with Crippen molar-refractivity contribution in [1.82, 2.24) is 14.1 Å². The van der Waals surface area contributed by atoms with Crippen LogP contribution in [0.3, 0.4) is 0 Å². The fraction of sp³-hybridized carbons (Fsp3) is 0.457. The molecule has 0 N–H and O–H groups in total. The van der Waals surface area contributed by atoms with Gasteiger partial charge in [-0.15, -0.1) is 0 Å². The van der Waals surface area contributed by atoms with Crippen LogP contribution in [0.1, 0.15) is 62.6 Å². The van der Waals surface area contributed by atoms with Gasteiger partial charge >= 0.3 is 6.09 Å². The van der Waals surface area contributed by atoms with Crippen molar-refractivity contribution < 1.29 is 22.5 Å². The Morgan fingerprint density at radius 2 is 1.68 bits per heavy atom. The molecule has 9 heteroatoms. The van der Waals surface area contributed by atoms with Crippen LogP contribution in [0.15, 0.2) is 77.7 Å². The predicted molar refractivity (Wildman–Crippen MR) is 170 cm³/mol. The Hall–Kier alpha value is -3.14. The van der Waals surface area contributed by atoms with Gasteiger partial charge in [-0.3, -0.25) is 0 Å². The SMILES string of the molecule is CN(CC(CCN1CCC2(CC1)CN(C(=O)OC(C)(C)C)Cc1ccccc12)c1ccccc1)S(=O)c1ccc(F)c(F)c1. The molecule has 2 aliphatic heterocycles. The van der Waals surface area contributed by atoms with E-state index in [9.17, 15) is 17.8 Å². The van der Waals surface area contributed by atoms with E-state index in [1.54, 1.807) is 11.4 Å². The Kier molecular flexibility index (Phi) is 9.87. The van der Waals surface area contributed by atoms with Gasteiger partial charge in [0.05, 0.1) is 4.90 Å². The van der Waals surface area contributed by atoms with E-state index in [-0.39, 0.29) is 22.3 Å². The van der Waals surface area contributed by atoms with Gasteiger partial charge in [0.15, 0.2) is 11.6 Å². The van der Waals surface area contributed by atoms with Crippen molar-refractivity contribution in [3.8, 4) is 0 Å². The zero-order chi connectivity index (χ0) is 31.5. The van der Waals surface area contributed by atoms with Gasteiger partial charge in [0.25, 0.3) is 0 Å². The second kappa shape index (κ2) is 13.5. The van der Waals surface area contributed by atoms with Crippen LogP contribution < -0.4 is 0 Å². The summed E-state index contributed by atoms with van der Waals surface area (Å²) in [5.74, 6) is -1.85. The zero-order valence-electron chi connectivity index (χ0n) is 26.1. The van der Waals surface area contributed by atoms with Crippen LogP contribution in [-0.4, -0.2) is 69.8 Å². The Labute approximate surface area is 262 Å². The number of halogens is 2. The lowest BCUT2D eigenvalue weighted by Gasteiger charge is -2.48. The van der Waals surface area contributed by atoms with Crippen LogP contribution >= 0.6 is 0 Å². The van der Waals surface area contributed by atoms with Crippen molar-refractivity contribution in [3.05, 3.63) is 101 Å². The molecule has 0 saturated carbocycles. The number of hydrogen-bond donors (Lipinski definition) is 0. The van der Waals surface area contributed by atoms with Gasteiger partial charge in [-0.1, -0.05) is 54.6 Å². The Morgan fingerprint density at radius 1 is 1.00 bits per heavy atom. The number of amides is 1. The summed E-state index contributed by atoms with van der Waals surface area (Å²) in [5, 5.41) is 0. The van der Waals surface area contributed by atoms with Crippen molar-refractivity contribution >= 4 is 17.1 Å². The van der Waals surface area contributed by atoms with Crippen molar-refractivity contribution in [2.75, 3.05) is 39.8 Å². The first-order valence-corrected chi connectivity index (χ1v) is 16.5. The van der Waals surface area contributed by atoms with E-state index in [1.165, 1.54) is 17.2 Å². The second-order valence-electron chi connectivity index (χ2n) is 13.1. The normalized spacial score (nSPS) is 18.2. The second-order valence-corrected chi connectivity index (χ2v) is 14.7. The van der Waals surface area contributed by atoms with E-state index in [2.05, 4.69) is 35.2 Å². The number of benzene rings is 3. The lowest BCUT2D eigenvalue weighted by molar-refractivity contribution is 0.0104. The molecule has 44 heavy (non-hydrogen) atoms. The maximum atomic E-state index is 13.8. The molecular weight excluding hydrogens is 580 g/mol. The highest BCUT2D eigenvalue weighted by atomic mass is 32.2. The Bertz CT molecular complexity index is 1470. The summed E-state index contributed by atoms with van der Waals surface area (Å²) in [6, 6.07) is 22.1. The van der Waals surface area contributed by atoms with Gasteiger partial charge in [-0.2, -0.15) is 0 Å². The predicted octanol–water partition coefficient (Wildman–Crippen LogP) is 6.88. The maximum absolute atomic E-state index is 13.8. The van der Waals surface area contributed by atoms with Gasteiger partial charge in [0.2, 0.25) is 0 Å². The Balaban J connectivity index is 1.25. The fourth-order valence-corrected chi connectivity index (χ4v) is 7.61. The van der Waals surface area contributed by atoms with Crippen LogP contribution in [0, 0.1) is 11.6 Å². The summed E-state index contributed by atoms with van der Waals surface area (Å²) in [5.41, 5.74) is 3.05. The number of carbonyl (C=O) groups is 1. The molecule has 2 unspecified atom stereocenters. The highest BCUT2D eigenvalue weighted by Crippen LogP contribution is 2.42. The standard InChI is InChI=1S/C35H43F2N3O3S/c1-34(2,3)43-33(41)40-24-28-12-8-9-13-30(28)35(25-40)17-20-39(21-18-35)19-16-27(26-10-6-5-7-11-26)23-38(4)44(42)29-14-15-31(36)32(37)22-29/h5-15,22,27H,16-21,23-25H2,1-4H3. The molecule has 1 amide bonds. The molecule has 1 saturated heterocycles. The van der Waals surface area contributed by atoms with E-state index in [0.717, 1.165) is 56.6 Å². The summed E-state index contributed by atoms with van der Waals surface area (Å²) in [6.45, 7) is 10.1. The number of carbonyl (C=O) groups excluding carboxylic acids is 1. The van der Waals surface area contributed by atoms with E-state index >= 15 is 0 Å². The van der Waals surface area contributed by atoms with Gasteiger partial charge in [0.1, 0.15) is 16.6 Å². The van der Waals surface area contributed by atoms with E-state index in [0.29, 0.717) is 19.6 Å². The summed E-state index contributed by atoms with van der Waals surface area (Å²) in [6.07, 6.45) is 2.49. The molecular formula is C35H43F2N3O3S. The van der Waals surface area contributed by atoms with E-state index in [4.69, 9.17) is 4.74 Å². The quantitative estimate of drug-likeness (QED) is 0.275. The van der Waals surface area contributed by atoms with Crippen molar-refractivity contribution in [1.29, 1.82) is 0 Å². The fourth-order valence-electron chi connectivity index (χ4n) is 6.55. The molecule has 6 nitrogen and oxygen atoms in total. The minimum Gasteiger partial charge on any atom is -0.444 e. The first-order valence-electron chi connectivity index (χ1n) is 15.4. The highest BCUT2D eigenvalue weighted by molar-refractivity contribution is 7.82. The molecule has 236 valence electrons. The van der Waals surface area contributed by atoms with Crippen LogP contribution in [0.4, 0.5) is 13.6 Å². The van der Waals surface area contributed by atoms with Crippen molar-refractivity contribution in [2.24, 2.45) is 0 Å². The molecule has 0 aromatic heterocycles. The lowest BCUT2D eigenvalue weighted by atomic mass is 9.69. The molecule has 2 heterocycles. The highest BCUT2D eigenvalue weighted by Gasteiger charge is 2.44. The minimum atomic E-state index is -1.62. The molecule has 5 rings (SSSR count). The smallest absolute Gasteiger partial charge is 0.410 e. The maximum Gasteiger partial charge on any atom is 0.410 e. The number of rotatable bonds is 8. The molecule has 3 aromatic rings. The van der Waals surface area contributed by atoms with Crippen LogP contribution in [0.5, 0.6) is 0 Å². The van der Waals surface area contributed by atoms with Crippen LogP contribution in [-0.2, 0) is 27.7 Å². The average Bonchev–Trinajstić information content (AvgIpc) is 3.00. The third-order valence-electron chi connectivity index (χ3n) is 8.83. The van der Waals surface area contributed by atoms with Gasteiger partial charge in [0, 0.05) is 32.1 Å². The number of likely N-dealkylation sites (tertiary alicyclic amines) is 1. The van der Waals surface area contributed by atoms with Crippen LogP contribution in [0.2, 0.25) is 0 Å². The van der Waals surface area contributed by atoms with Gasteiger partial charge in [-0.25, -0.2) is 22.1 Å². The molecule has 2 atom stereocenters. The summed E-state index contributed by atoms with van der Waals surface area (Å²) >= 11 is 0. The number of fused-ring (bicyclic) bond motifs is 2. The van der Waals surface area contributed by atoms with Crippen LogP contribution in [0.25, 0.3) is 0 Å². The summed E-state index contributed by atoms with van der Waals surface area (Å²) in [7, 11) is 0.137. The molecule has 0 aliphatic carbocycles. The first kappa shape index (κ1) is 32.3. The first-order chi connectivity index (χ1) is 20.9. The summed E-state index contributed by atoms with van der Waals surface area (Å²) in [4.78, 5) is 17.7. The molecule has 3 aromatic carbocycles. The molecule has 1 spiro atoms. The number of hydrogen-bond acceptors (Lipinski definition) is 4. The van der Waals surface area contributed by atoms with E-state index in [1.807, 2.05) is 49.9 Å². The molecule has 0 bridgehead atoms. The van der Waals surface area contributed by atoms with Gasteiger partial charge in [-0.05, 0) is 100 Å². The van der Waals surface area contributed by atoms with Gasteiger partial charge < -0.3 is 14.5 Å². The number of ether oxygens (including phenoxy) is 1. The van der Waals surface area contributed by atoms with Crippen molar-refractivity contribution in [3.63, 3.8) is 0 Å². The molecule has 1 fully saturated rings. The summed E-state index contributed by atoms with van der Waals surface area (Å²) < 4.78 is 48.0. The number of likely N-dealkylation sites (N-methyl/N-ethyl adjacent to an activating group) is 1. The number of nitrogens with zero attached hydrogens (tertiary/aromatic N) is 3. The lowest BCUT2D eigenvalue weighted by Crippen LogP contribution is -2.54. The monoisotopic (exact) mass is 623 g/mol. The minimum absolute atomic E-state index is 0.101. The third-order valence-corrected chi connectivity index (χ3v) is 10.2. The van der Waals surface area contributed by atoms with Crippen molar-refractivity contribution in [2.45, 2.75) is 68.4 Å². The Morgan fingerprint density at radius 3 is 2.36 bits per heavy atom. The third kappa shape index (κ3) is 7.56. The molecule has 2 aliphatic rings. The van der Waals surface area contributed by atoms with E-state index < -0.39 is 28.2 Å². The topological polar surface area (TPSA) is 53.1 Å². The average molecular weight is 624 g/mol. The largest absolute Gasteiger partial charge is 0.444 e. The molecule has 0 radical (unpaired) electrons. The number of piperidine rings is 1.